The Morgan fingerprint density at radius 2 is 1.70 bits per heavy atom. The number of aliphatic hydroxyl groups is 1. The van der Waals surface area contributed by atoms with Gasteiger partial charge in [0.1, 0.15) is 5.72 Å². The van der Waals surface area contributed by atoms with Gasteiger partial charge in [-0.1, -0.05) is 20.8 Å². The van der Waals surface area contributed by atoms with Crippen LogP contribution in [0.3, 0.4) is 0 Å². The zero-order valence-electron chi connectivity index (χ0n) is 19.9. The number of hydrogen-bond acceptors (Lipinski definition) is 3. The van der Waals surface area contributed by atoms with Crippen LogP contribution < -0.4 is 0 Å². The van der Waals surface area contributed by atoms with Crippen molar-refractivity contribution in [3.63, 3.8) is 0 Å². The van der Waals surface area contributed by atoms with Crippen molar-refractivity contribution in [2.24, 2.45) is 52.8 Å². The van der Waals surface area contributed by atoms with Crippen LogP contribution in [0.5, 0.6) is 0 Å². The van der Waals surface area contributed by atoms with Crippen molar-refractivity contribution in [3.8, 4) is 0 Å². The first-order valence-corrected chi connectivity index (χ1v) is 13.4. The highest BCUT2D eigenvalue weighted by Crippen LogP contribution is 2.69. The predicted molar refractivity (Wildman–Crippen MR) is 120 cm³/mol. The van der Waals surface area contributed by atoms with E-state index in [4.69, 9.17) is 4.74 Å². The van der Waals surface area contributed by atoms with Crippen LogP contribution in [0.4, 0.5) is 0 Å². The van der Waals surface area contributed by atoms with Crippen LogP contribution in [-0.4, -0.2) is 41.5 Å². The van der Waals surface area contributed by atoms with Gasteiger partial charge in [0.25, 0.3) is 0 Å². The minimum absolute atomic E-state index is 0.0110. The first kappa shape index (κ1) is 20.5. The maximum atomic E-state index is 10.2. The van der Waals surface area contributed by atoms with Crippen LogP contribution in [0.15, 0.2) is 0 Å². The van der Waals surface area contributed by atoms with Crippen molar-refractivity contribution in [2.45, 2.75) is 103 Å². The third kappa shape index (κ3) is 2.67. The van der Waals surface area contributed by atoms with E-state index >= 15 is 0 Å². The maximum Gasteiger partial charge on any atom is 0.124 e. The summed E-state index contributed by atoms with van der Waals surface area (Å²) in [5, 5.41) is 10.2. The molecule has 3 nitrogen and oxygen atoms in total. The molecule has 0 aromatic carbocycles. The molecule has 6 fully saturated rings. The molecule has 0 aromatic heterocycles. The number of rotatable bonds is 0. The van der Waals surface area contributed by atoms with E-state index in [9.17, 15) is 5.11 Å². The molecule has 2 aliphatic heterocycles. The van der Waals surface area contributed by atoms with Crippen LogP contribution in [0.2, 0.25) is 0 Å². The van der Waals surface area contributed by atoms with Crippen LogP contribution >= 0.6 is 0 Å². The highest BCUT2D eigenvalue weighted by atomic mass is 16.5. The number of likely N-dealkylation sites (tertiary alicyclic amines) is 1. The summed E-state index contributed by atoms with van der Waals surface area (Å²) in [6, 6.07) is 0. The fourth-order valence-electron chi connectivity index (χ4n) is 10.6. The molecule has 0 aromatic rings. The van der Waals surface area contributed by atoms with E-state index < -0.39 is 0 Å². The van der Waals surface area contributed by atoms with Crippen molar-refractivity contribution in [1.82, 2.24) is 4.90 Å². The van der Waals surface area contributed by atoms with E-state index in [1.165, 1.54) is 57.9 Å². The highest BCUT2D eigenvalue weighted by Gasteiger charge is 2.68. The van der Waals surface area contributed by atoms with Gasteiger partial charge in [0.2, 0.25) is 0 Å². The van der Waals surface area contributed by atoms with Crippen molar-refractivity contribution in [2.75, 3.05) is 13.6 Å². The minimum atomic E-state index is -0.0110. The van der Waals surface area contributed by atoms with E-state index in [0.29, 0.717) is 17.4 Å². The zero-order chi connectivity index (χ0) is 20.8. The molecule has 6 aliphatic rings. The molecule has 12 atom stereocenters. The molecule has 3 heteroatoms. The summed E-state index contributed by atoms with van der Waals surface area (Å²) < 4.78 is 7.14. The molecule has 170 valence electrons. The summed E-state index contributed by atoms with van der Waals surface area (Å²) in [5.74, 6) is 6.70. The average molecular weight is 416 g/mol. The average Bonchev–Trinajstić information content (AvgIpc) is 3.16. The van der Waals surface area contributed by atoms with Gasteiger partial charge < -0.3 is 9.84 Å². The molecular weight excluding hydrogens is 370 g/mol. The molecule has 1 spiro atoms. The van der Waals surface area contributed by atoms with Crippen molar-refractivity contribution in [1.29, 1.82) is 0 Å². The highest BCUT2D eigenvalue weighted by molar-refractivity contribution is 5.15. The fraction of sp³-hybridized carbons (Fsp3) is 1.00. The van der Waals surface area contributed by atoms with Crippen LogP contribution in [-0.2, 0) is 4.74 Å². The standard InChI is InChI=1S/C27H45NO2/c1-16-9-12-27(28(4)15-16)17(2)25-24(30-27)14-23-22-7-5-18-13-19(29)6-8-20(18)21(22)10-11-26(23,25)3/h16-25,29H,5-15H2,1-4H3/t16-,17-,18-,19-,20-,21+,22+,23-,24-,25-,26-,27-/m0/s1. The van der Waals surface area contributed by atoms with E-state index in [1.54, 1.807) is 0 Å². The fourth-order valence-corrected chi connectivity index (χ4v) is 10.6. The second kappa shape index (κ2) is 6.94. The number of hydrogen-bond donors (Lipinski definition) is 1. The van der Waals surface area contributed by atoms with Gasteiger partial charge in [-0.05, 0) is 118 Å². The summed E-state index contributed by atoms with van der Waals surface area (Å²) in [5.41, 5.74) is 0.503. The Morgan fingerprint density at radius 3 is 2.50 bits per heavy atom. The number of ether oxygens (including phenoxy) is 1. The zero-order valence-corrected chi connectivity index (χ0v) is 19.9. The van der Waals surface area contributed by atoms with Gasteiger partial charge in [-0.3, -0.25) is 4.90 Å². The van der Waals surface area contributed by atoms with Crippen molar-refractivity contribution in [3.05, 3.63) is 0 Å². The lowest BCUT2D eigenvalue weighted by Gasteiger charge is -2.57. The molecule has 6 rings (SSSR count). The van der Waals surface area contributed by atoms with Crippen molar-refractivity contribution >= 4 is 0 Å². The summed E-state index contributed by atoms with van der Waals surface area (Å²) in [7, 11) is 2.34. The molecule has 0 radical (unpaired) electrons. The van der Waals surface area contributed by atoms with Gasteiger partial charge in [-0.25, -0.2) is 0 Å². The number of fused-ring (bicyclic) bond motifs is 7. The van der Waals surface area contributed by atoms with Gasteiger partial charge in [-0.15, -0.1) is 0 Å². The summed E-state index contributed by atoms with van der Waals surface area (Å²) >= 11 is 0. The third-order valence-electron chi connectivity index (χ3n) is 11.8. The molecule has 0 bridgehead atoms. The topological polar surface area (TPSA) is 32.7 Å². The lowest BCUT2D eigenvalue weighted by molar-refractivity contribution is -0.186. The second-order valence-electron chi connectivity index (χ2n) is 13.0. The Balaban J connectivity index is 1.25. The lowest BCUT2D eigenvalue weighted by atomic mass is 9.49. The Morgan fingerprint density at radius 1 is 0.900 bits per heavy atom. The van der Waals surface area contributed by atoms with E-state index in [2.05, 4.69) is 32.7 Å². The van der Waals surface area contributed by atoms with Crippen LogP contribution in [0, 0.1) is 52.8 Å². The van der Waals surface area contributed by atoms with E-state index in [0.717, 1.165) is 54.3 Å². The lowest BCUT2D eigenvalue weighted by Crippen LogP contribution is -2.57. The number of aliphatic hydroxyl groups excluding tert-OH is 1. The molecular formula is C27H45NO2. The first-order chi connectivity index (χ1) is 14.3. The Hall–Kier alpha value is -0.120. The molecule has 2 heterocycles. The number of nitrogens with zero attached hydrogens (tertiary/aromatic N) is 1. The molecule has 1 N–H and O–H groups in total. The first-order valence-electron chi connectivity index (χ1n) is 13.4. The molecule has 0 amide bonds. The van der Waals surface area contributed by atoms with Gasteiger partial charge in [0.05, 0.1) is 12.2 Å². The quantitative estimate of drug-likeness (QED) is 0.581. The minimum Gasteiger partial charge on any atom is -0.393 e. The third-order valence-corrected chi connectivity index (χ3v) is 11.8. The van der Waals surface area contributed by atoms with Crippen LogP contribution in [0.1, 0.15) is 85.0 Å². The SMILES string of the molecule is C[C@H]1CC[C@@]2(O[C@H]3C[C@H]4[C@@H]5CC[C@H]6C[C@@H](O)CC[C@@H]6[C@H]5CC[C@]4(C)[C@H]3[C@@H]2C)N(C)C1. The Kier molecular flexibility index (Phi) is 4.74. The van der Waals surface area contributed by atoms with Crippen molar-refractivity contribution < 1.29 is 9.84 Å². The molecule has 2 saturated heterocycles. The largest absolute Gasteiger partial charge is 0.393 e. The summed E-state index contributed by atoms with van der Waals surface area (Å²) in [6.07, 6.45) is 13.5. The maximum absolute atomic E-state index is 10.2. The molecule has 0 unspecified atom stereocenters. The summed E-state index contributed by atoms with van der Waals surface area (Å²) in [4.78, 5) is 2.60. The van der Waals surface area contributed by atoms with Gasteiger partial charge in [0, 0.05) is 12.5 Å². The van der Waals surface area contributed by atoms with Gasteiger partial charge in [0.15, 0.2) is 0 Å². The monoisotopic (exact) mass is 415 g/mol. The van der Waals surface area contributed by atoms with E-state index in [-0.39, 0.29) is 11.8 Å². The Bertz CT molecular complexity index is 682. The molecule has 4 aliphatic carbocycles. The number of piperidine rings is 1. The molecule has 4 saturated carbocycles. The molecule has 30 heavy (non-hydrogen) atoms. The summed E-state index contributed by atoms with van der Waals surface area (Å²) in [6.45, 7) is 8.84. The van der Waals surface area contributed by atoms with E-state index in [1.807, 2.05) is 0 Å². The van der Waals surface area contributed by atoms with Gasteiger partial charge >= 0.3 is 0 Å². The normalized spacial score (nSPS) is 60.7. The smallest absolute Gasteiger partial charge is 0.124 e. The van der Waals surface area contributed by atoms with Crippen LogP contribution in [0.25, 0.3) is 0 Å². The van der Waals surface area contributed by atoms with Gasteiger partial charge in [-0.2, -0.15) is 0 Å². The second-order valence-corrected chi connectivity index (χ2v) is 13.0. The predicted octanol–water partition coefficient (Wildman–Crippen LogP) is 5.32. The Labute approximate surface area is 184 Å².